The number of benzene rings is 1. The number of methoxy groups -OCH3 is 2. The van der Waals surface area contributed by atoms with Crippen molar-refractivity contribution >= 4 is 11.8 Å². The SMILES string of the molecule is COc1cc(CC2(O)CC3CCC(C2)S3)cc(OC)c1. The van der Waals surface area contributed by atoms with Crippen molar-refractivity contribution in [3.8, 4) is 11.5 Å². The standard InChI is InChI=1S/C16H22O3S/c1-18-12-5-11(6-13(7-12)19-2)8-16(17)9-14-3-4-15(10-16)20-14/h5-7,14-15,17H,3-4,8-10H2,1-2H3. The van der Waals surface area contributed by atoms with Gasteiger partial charge in [0.15, 0.2) is 0 Å². The quantitative estimate of drug-likeness (QED) is 0.926. The second-order valence-corrected chi connectivity index (χ2v) is 7.59. The van der Waals surface area contributed by atoms with Crippen LogP contribution in [0.1, 0.15) is 31.2 Å². The molecule has 3 nitrogen and oxygen atoms in total. The third kappa shape index (κ3) is 2.91. The van der Waals surface area contributed by atoms with Crippen molar-refractivity contribution in [3.05, 3.63) is 23.8 Å². The van der Waals surface area contributed by atoms with Crippen LogP contribution in [0.15, 0.2) is 18.2 Å². The fraction of sp³-hybridized carbons (Fsp3) is 0.625. The van der Waals surface area contributed by atoms with Crippen LogP contribution in [0.2, 0.25) is 0 Å². The van der Waals surface area contributed by atoms with E-state index in [1.54, 1.807) is 14.2 Å². The molecule has 2 heterocycles. The molecule has 2 fully saturated rings. The zero-order chi connectivity index (χ0) is 14.2. The van der Waals surface area contributed by atoms with Gasteiger partial charge in [0.1, 0.15) is 11.5 Å². The van der Waals surface area contributed by atoms with Crippen molar-refractivity contribution in [1.29, 1.82) is 0 Å². The number of aliphatic hydroxyl groups is 1. The second-order valence-electron chi connectivity index (χ2n) is 5.99. The highest BCUT2D eigenvalue weighted by Gasteiger charge is 2.43. The molecule has 0 radical (unpaired) electrons. The zero-order valence-electron chi connectivity index (χ0n) is 12.1. The van der Waals surface area contributed by atoms with E-state index in [1.165, 1.54) is 12.8 Å². The van der Waals surface area contributed by atoms with Crippen LogP contribution in [0.3, 0.4) is 0 Å². The van der Waals surface area contributed by atoms with Crippen LogP contribution in [0.4, 0.5) is 0 Å². The van der Waals surface area contributed by atoms with E-state index in [0.717, 1.165) is 29.9 Å². The molecule has 2 saturated heterocycles. The number of hydrogen-bond acceptors (Lipinski definition) is 4. The van der Waals surface area contributed by atoms with E-state index >= 15 is 0 Å². The Kier molecular flexibility index (Phi) is 3.87. The van der Waals surface area contributed by atoms with Crippen molar-refractivity contribution in [2.75, 3.05) is 14.2 Å². The third-order valence-electron chi connectivity index (χ3n) is 4.36. The fourth-order valence-corrected chi connectivity index (χ4v) is 5.41. The summed E-state index contributed by atoms with van der Waals surface area (Å²) in [7, 11) is 3.31. The molecule has 3 rings (SSSR count). The van der Waals surface area contributed by atoms with Crippen LogP contribution in [0.5, 0.6) is 11.5 Å². The van der Waals surface area contributed by atoms with Gasteiger partial charge in [-0.3, -0.25) is 0 Å². The van der Waals surface area contributed by atoms with E-state index in [4.69, 9.17) is 9.47 Å². The second kappa shape index (κ2) is 5.49. The minimum Gasteiger partial charge on any atom is -0.497 e. The van der Waals surface area contributed by atoms with E-state index in [1.807, 2.05) is 18.2 Å². The molecule has 0 saturated carbocycles. The number of hydrogen-bond donors (Lipinski definition) is 1. The van der Waals surface area contributed by atoms with E-state index in [-0.39, 0.29) is 0 Å². The molecular weight excluding hydrogens is 272 g/mol. The minimum absolute atomic E-state index is 0.561. The van der Waals surface area contributed by atoms with E-state index in [9.17, 15) is 5.11 Å². The maximum Gasteiger partial charge on any atom is 0.122 e. The van der Waals surface area contributed by atoms with Gasteiger partial charge in [-0.25, -0.2) is 0 Å². The summed E-state index contributed by atoms with van der Waals surface area (Å²) in [6.45, 7) is 0. The molecule has 1 aromatic carbocycles. The Hall–Kier alpha value is -0.870. The van der Waals surface area contributed by atoms with Crippen molar-refractivity contribution in [2.24, 2.45) is 0 Å². The molecular formula is C16H22O3S. The topological polar surface area (TPSA) is 38.7 Å². The van der Waals surface area contributed by atoms with Gasteiger partial charge in [-0.1, -0.05) is 0 Å². The van der Waals surface area contributed by atoms with Gasteiger partial charge in [0.25, 0.3) is 0 Å². The van der Waals surface area contributed by atoms with Gasteiger partial charge in [-0.15, -0.1) is 0 Å². The van der Waals surface area contributed by atoms with Gasteiger partial charge in [0.2, 0.25) is 0 Å². The Morgan fingerprint density at radius 2 is 1.65 bits per heavy atom. The van der Waals surface area contributed by atoms with Crippen molar-refractivity contribution in [2.45, 2.75) is 48.2 Å². The number of ether oxygens (including phenoxy) is 2. The lowest BCUT2D eigenvalue weighted by molar-refractivity contribution is 0.0241. The van der Waals surface area contributed by atoms with E-state index in [0.29, 0.717) is 16.9 Å². The number of rotatable bonds is 4. The lowest BCUT2D eigenvalue weighted by Crippen LogP contribution is -2.39. The summed E-state index contributed by atoms with van der Waals surface area (Å²) in [5, 5.41) is 12.2. The average Bonchev–Trinajstić information content (AvgIpc) is 2.77. The van der Waals surface area contributed by atoms with Crippen LogP contribution in [0, 0.1) is 0 Å². The Labute approximate surface area is 124 Å². The molecule has 0 spiro atoms. The summed E-state index contributed by atoms with van der Waals surface area (Å²) < 4.78 is 10.6. The normalized spacial score (nSPS) is 32.1. The highest BCUT2D eigenvalue weighted by Crippen LogP contribution is 2.48. The molecule has 20 heavy (non-hydrogen) atoms. The van der Waals surface area contributed by atoms with E-state index in [2.05, 4.69) is 11.8 Å². The van der Waals surface area contributed by atoms with Crippen LogP contribution < -0.4 is 9.47 Å². The van der Waals surface area contributed by atoms with Crippen molar-refractivity contribution < 1.29 is 14.6 Å². The first kappa shape index (κ1) is 14.1. The first-order chi connectivity index (χ1) is 9.60. The van der Waals surface area contributed by atoms with Gasteiger partial charge in [0, 0.05) is 23.0 Å². The molecule has 0 aromatic heterocycles. The minimum atomic E-state index is -0.561. The Bertz CT molecular complexity index is 454. The summed E-state index contributed by atoms with van der Waals surface area (Å²) in [5.74, 6) is 1.58. The first-order valence-electron chi connectivity index (χ1n) is 7.20. The predicted molar refractivity (Wildman–Crippen MR) is 81.8 cm³/mol. The largest absolute Gasteiger partial charge is 0.497 e. The van der Waals surface area contributed by atoms with Gasteiger partial charge in [-0.2, -0.15) is 11.8 Å². The Morgan fingerprint density at radius 3 is 2.15 bits per heavy atom. The fourth-order valence-electron chi connectivity index (χ4n) is 3.50. The number of fused-ring (bicyclic) bond motifs is 2. The molecule has 2 aliphatic heterocycles. The lowest BCUT2D eigenvalue weighted by atomic mass is 9.86. The molecule has 4 heteroatoms. The maximum absolute atomic E-state index is 10.9. The Balaban J connectivity index is 1.79. The molecule has 0 aliphatic carbocycles. The highest BCUT2D eigenvalue weighted by molar-refractivity contribution is 8.00. The Morgan fingerprint density at radius 1 is 1.10 bits per heavy atom. The summed E-state index contributed by atoms with van der Waals surface area (Å²) in [5.41, 5.74) is 0.532. The molecule has 1 aromatic rings. The predicted octanol–water partition coefficient (Wildman–Crippen LogP) is 3.04. The van der Waals surface area contributed by atoms with Gasteiger partial charge in [0.05, 0.1) is 19.8 Å². The molecule has 2 atom stereocenters. The summed E-state index contributed by atoms with van der Waals surface area (Å²) in [4.78, 5) is 0. The van der Waals surface area contributed by atoms with Crippen LogP contribution in [-0.2, 0) is 6.42 Å². The molecule has 0 amide bonds. The molecule has 2 bridgehead atoms. The average molecular weight is 294 g/mol. The lowest BCUT2D eigenvalue weighted by Gasteiger charge is -2.36. The van der Waals surface area contributed by atoms with Crippen molar-refractivity contribution in [3.63, 3.8) is 0 Å². The van der Waals surface area contributed by atoms with Crippen molar-refractivity contribution in [1.82, 2.24) is 0 Å². The van der Waals surface area contributed by atoms with Gasteiger partial charge >= 0.3 is 0 Å². The van der Waals surface area contributed by atoms with Crippen LogP contribution in [0.25, 0.3) is 0 Å². The zero-order valence-corrected chi connectivity index (χ0v) is 12.9. The smallest absolute Gasteiger partial charge is 0.122 e. The summed E-state index contributed by atoms with van der Waals surface area (Å²) in [6.07, 6.45) is 5.04. The van der Waals surface area contributed by atoms with E-state index < -0.39 is 5.60 Å². The maximum atomic E-state index is 10.9. The molecule has 1 N–H and O–H groups in total. The third-order valence-corrected chi connectivity index (χ3v) is 5.93. The first-order valence-corrected chi connectivity index (χ1v) is 8.14. The summed E-state index contributed by atoms with van der Waals surface area (Å²) in [6, 6.07) is 5.88. The van der Waals surface area contributed by atoms with Gasteiger partial charge in [-0.05, 0) is 43.4 Å². The number of thioether (sulfide) groups is 1. The molecule has 110 valence electrons. The van der Waals surface area contributed by atoms with Gasteiger partial charge < -0.3 is 14.6 Å². The van der Waals surface area contributed by atoms with Crippen LogP contribution >= 0.6 is 11.8 Å². The monoisotopic (exact) mass is 294 g/mol. The molecule has 2 aliphatic rings. The van der Waals surface area contributed by atoms with Crippen LogP contribution in [-0.4, -0.2) is 35.4 Å². The summed E-state index contributed by atoms with van der Waals surface area (Å²) >= 11 is 2.07. The molecule has 2 unspecified atom stereocenters. The highest BCUT2D eigenvalue weighted by atomic mass is 32.2.